The number of hydrogen-bond donors (Lipinski definition) is 1. The Kier molecular flexibility index (Phi) is 6.59. The van der Waals surface area contributed by atoms with Crippen molar-refractivity contribution in [3.8, 4) is 5.75 Å². The van der Waals surface area contributed by atoms with Crippen molar-refractivity contribution in [2.24, 2.45) is 0 Å². The molecule has 1 amide bonds. The number of nitrogens with zero attached hydrogens (tertiary/aromatic N) is 4. The van der Waals surface area contributed by atoms with E-state index in [2.05, 4.69) is 26.1 Å². The van der Waals surface area contributed by atoms with Gasteiger partial charge in [0.1, 0.15) is 17.6 Å². The number of carbonyl (C=O) groups excluding carboxylic acids is 1. The van der Waals surface area contributed by atoms with Crippen molar-refractivity contribution in [1.29, 1.82) is 0 Å². The van der Waals surface area contributed by atoms with Gasteiger partial charge in [-0.25, -0.2) is 4.68 Å². The van der Waals surface area contributed by atoms with Crippen LogP contribution in [0.1, 0.15) is 29.5 Å². The van der Waals surface area contributed by atoms with Gasteiger partial charge in [0, 0.05) is 17.6 Å². The van der Waals surface area contributed by atoms with E-state index in [4.69, 9.17) is 10.6 Å². The summed E-state index contributed by atoms with van der Waals surface area (Å²) in [4.78, 5) is 15.1. The summed E-state index contributed by atoms with van der Waals surface area (Å²) in [5.41, 5.74) is 0.925. The highest BCUT2D eigenvalue weighted by Crippen LogP contribution is 2.36. The van der Waals surface area contributed by atoms with E-state index in [-0.39, 0.29) is 12.5 Å². The number of aromatic nitrogens is 3. The number of nitrogen functional groups attached to an aromatic ring is 1. The van der Waals surface area contributed by atoms with Crippen LogP contribution in [0.25, 0.3) is 0 Å². The maximum Gasteiger partial charge on any atom is 0.240 e. The number of halogens is 1. The minimum Gasteiger partial charge on any atom is -0.485 e. The Morgan fingerprint density at radius 2 is 1.90 bits per heavy atom. The lowest BCUT2D eigenvalue weighted by Gasteiger charge is -2.22. The maximum atomic E-state index is 13.2. The SMILES string of the molecule is Nn1c(COc2cccc(Br)c2)nnc1S[C@H](C(=O)N1CCCC1)c1ccccc1. The van der Waals surface area contributed by atoms with E-state index in [1.54, 1.807) is 0 Å². The zero-order valence-corrected chi connectivity index (χ0v) is 18.7. The van der Waals surface area contributed by atoms with Crippen LogP contribution >= 0.6 is 27.7 Å². The van der Waals surface area contributed by atoms with Crippen LogP contribution in [-0.2, 0) is 11.4 Å². The fraction of sp³-hybridized carbons (Fsp3) is 0.286. The topological polar surface area (TPSA) is 86.3 Å². The van der Waals surface area contributed by atoms with Gasteiger partial charge in [-0.3, -0.25) is 4.79 Å². The molecule has 1 saturated heterocycles. The van der Waals surface area contributed by atoms with Crippen LogP contribution < -0.4 is 10.6 Å². The predicted octanol–water partition coefficient (Wildman–Crippen LogP) is 3.79. The van der Waals surface area contributed by atoms with Crippen molar-refractivity contribution in [2.75, 3.05) is 18.9 Å². The molecule has 2 aromatic carbocycles. The Bertz CT molecular complexity index is 1010. The van der Waals surface area contributed by atoms with Gasteiger partial charge in [0.25, 0.3) is 0 Å². The molecule has 1 aliphatic heterocycles. The van der Waals surface area contributed by atoms with E-state index >= 15 is 0 Å². The van der Waals surface area contributed by atoms with E-state index in [1.165, 1.54) is 16.4 Å². The van der Waals surface area contributed by atoms with E-state index in [0.717, 1.165) is 36.0 Å². The second-order valence-electron chi connectivity index (χ2n) is 6.96. The van der Waals surface area contributed by atoms with Gasteiger partial charge in [0.05, 0.1) is 0 Å². The van der Waals surface area contributed by atoms with E-state index in [0.29, 0.717) is 16.7 Å². The highest BCUT2D eigenvalue weighted by molar-refractivity contribution is 9.10. The molecule has 2 N–H and O–H groups in total. The minimum atomic E-state index is -0.422. The van der Waals surface area contributed by atoms with E-state index in [1.807, 2.05) is 59.5 Å². The Hall–Kier alpha value is -2.52. The largest absolute Gasteiger partial charge is 0.485 e. The number of carbonyl (C=O) groups is 1. The number of benzene rings is 2. The summed E-state index contributed by atoms with van der Waals surface area (Å²) in [7, 11) is 0. The first-order valence-electron chi connectivity index (χ1n) is 9.70. The van der Waals surface area contributed by atoms with Gasteiger partial charge >= 0.3 is 0 Å². The number of rotatable bonds is 7. The highest BCUT2D eigenvalue weighted by Gasteiger charge is 2.30. The lowest BCUT2D eigenvalue weighted by Crippen LogP contribution is -2.31. The molecule has 2 heterocycles. The van der Waals surface area contributed by atoms with E-state index in [9.17, 15) is 4.79 Å². The number of nitrogens with two attached hydrogens (primary N) is 1. The molecule has 156 valence electrons. The molecule has 1 fully saturated rings. The Labute approximate surface area is 187 Å². The van der Waals surface area contributed by atoms with Crippen molar-refractivity contribution >= 4 is 33.6 Å². The molecule has 1 aromatic heterocycles. The fourth-order valence-electron chi connectivity index (χ4n) is 3.29. The van der Waals surface area contributed by atoms with Gasteiger partial charge in [-0.1, -0.05) is 64.1 Å². The highest BCUT2D eigenvalue weighted by atomic mass is 79.9. The van der Waals surface area contributed by atoms with Gasteiger partial charge in [-0.15, -0.1) is 10.2 Å². The number of likely N-dealkylation sites (tertiary alicyclic amines) is 1. The van der Waals surface area contributed by atoms with Gasteiger partial charge in [-0.2, -0.15) is 0 Å². The van der Waals surface area contributed by atoms with Crippen LogP contribution in [0.2, 0.25) is 0 Å². The predicted molar refractivity (Wildman–Crippen MR) is 120 cm³/mol. The van der Waals surface area contributed by atoms with Gasteiger partial charge in [0.15, 0.2) is 5.82 Å². The molecule has 0 bridgehead atoms. The third-order valence-corrected chi connectivity index (χ3v) is 6.56. The molecular formula is C21H22BrN5O2S. The zero-order chi connectivity index (χ0) is 20.9. The molecule has 0 saturated carbocycles. The number of amides is 1. The smallest absolute Gasteiger partial charge is 0.240 e. The quantitative estimate of drug-likeness (QED) is 0.403. The first kappa shape index (κ1) is 20.7. The first-order chi connectivity index (χ1) is 14.6. The standard InChI is InChI=1S/C21H22BrN5O2S/c22-16-9-6-10-17(13-16)29-14-18-24-25-21(27(18)23)30-19(15-7-2-1-3-8-15)20(28)26-11-4-5-12-26/h1-3,6-10,13,19H,4-5,11-12,14,23H2/t19-/m0/s1. The van der Waals surface area contributed by atoms with E-state index < -0.39 is 5.25 Å². The number of hydrogen-bond acceptors (Lipinski definition) is 6. The molecule has 0 radical (unpaired) electrons. The van der Waals surface area contributed by atoms with Crippen molar-refractivity contribution in [3.63, 3.8) is 0 Å². The molecule has 3 aromatic rings. The summed E-state index contributed by atoms with van der Waals surface area (Å²) in [5, 5.41) is 8.43. The maximum absolute atomic E-state index is 13.2. The van der Waals surface area contributed by atoms with Gasteiger partial charge < -0.3 is 15.5 Å². The molecule has 7 nitrogen and oxygen atoms in total. The van der Waals surface area contributed by atoms with Crippen molar-refractivity contribution in [3.05, 3.63) is 70.5 Å². The molecule has 1 atom stereocenters. The Morgan fingerprint density at radius 3 is 2.63 bits per heavy atom. The van der Waals surface area contributed by atoms with Crippen molar-refractivity contribution in [1.82, 2.24) is 19.8 Å². The lowest BCUT2D eigenvalue weighted by atomic mass is 10.1. The molecule has 1 aliphatic rings. The summed E-state index contributed by atoms with van der Waals surface area (Å²) in [6.45, 7) is 1.77. The summed E-state index contributed by atoms with van der Waals surface area (Å²) >= 11 is 4.74. The third kappa shape index (κ3) is 4.79. The summed E-state index contributed by atoms with van der Waals surface area (Å²) in [6.07, 6.45) is 2.09. The molecule has 30 heavy (non-hydrogen) atoms. The normalized spacial score (nSPS) is 14.6. The monoisotopic (exact) mass is 487 g/mol. The number of thioether (sulfide) groups is 1. The molecular weight excluding hydrogens is 466 g/mol. The van der Waals surface area contributed by atoms with Crippen LogP contribution in [0.3, 0.4) is 0 Å². The number of ether oxygens (including phenoxy) is 1. The van der Waals surface area contributed by atoms with Crippen LogP contribution in [0.5, 0.6) is 5.75 Å². The first-order valence-corrected chi connectivity index (χ1v) is 11.4. The Morgan fingerprint density at radius 1 is 1.13 bits per heavy atom. The second kappa shape index (κ2) is 9.53. The average Bonchev–Trinajstić information content (AvgIpc) is 3.41. The summed E-state index contributed by atoms with van der Waals surface area (Å²) < 4.78 is 8.09. The molecule has 9 heteroatoms. The third-order valence-electron chi connectivity index (χ3n) is 4.87. The lowest BCUT2D eigenvalue weighted by molar-refractivity contribution is -0.129. The molecule has 0 unspecified atom stereocenters. The van der Waals surface area contributed by atoms with Crippen molar-refractivity contribution in [2.45, 2.75) is 29.9 Å². The fourth-order valence-corrected chi connectivity index (χ4v) is 4.73. The van der Waals surface area contributed by atoms with Crippen LogP contribution in [0.15, 0.2) is 64.2 Å². The van der Waals surface area contributed by atoms with Gasteiger partial charge in [0.2, 0.25) is 11.1 Å². The second-order valence-corrected chi connectivity index (χ2v) is 8.94. The van der Waals surface area contributed by atoms with Crippen LogP contribution in [0, 0.1) is 0 Å². The minimum absolute atomic E-state index is 0.0821. The summed E-state index contributed by atoms with van der Waals surface area (Å²) in [5.74, 6) is 7.50. The molecule has 0 spiro atoms. The zero-order valence-electron chi connectivity index (χ0n) is 16.3. The molecule has 0 aliphatic carbocycles. The van der Waals surface area contributed by atoms with Crippen molar-refractivity contribution < 1.29 is 9.53 Å². The summed E-state index contributed by atoms with van der Waals surface area (Å²) in [6, 6.07) is 17.3. The van der Waals surface area contributed by atoms with Gasteiger partial charge in [-0.05, 0) is 36.6 Å². The molecule has 4 rings (SSSR count). The van der Waals surface area contributed by atoms with Crippen LogP contribution in [0.4, 0.5) is 0 Å². The van der Waals surface area contributed by atoms with Crippen LogP contribution in [-0.4, -0.2) is 38.8 Å². The Balaban J connectivity index is 1.51. The average molecular weight is 488 g/mol.